The maximum Gasteiger partial charge on any atom is 0.294 e. The zero-order chi connectivity index (χ0) is 11.8. The topological polar surface area (TPSA) is 74.6 Å². The van der Waals surface area contributed by atoms with E-state index in [1.807, 2.05) is 13.8 Å². The molecule has 84 valence electrons. The summed E-state index contributed by atoms with van der Waals surface area (Å²) in [5.41, 5.74) is 1.10. The molecular formula is C10H14O4S. The van der Waals surface area contributed by atoms with Crippen molar-refractivity contribution in [3.63, 3.8) is 0 Å². The first kappa shape index (κ1) is 12.0. The second-order valence-electron chi connectivity index (χ2n) is 3.81. The highest BCUT2D eigenvalue weighted by molar-refractivity contribution is 7.85. The summed E-state index contributed by atoms with van der Waals surface area (Å²) in [6.45, 7) is 5.36. The molecule has 0 atom stereocenters. The van der Waals surface area contributed by atoms with Gasteiger partial charge in [0, 0.05) is 6.07 Å². The third-order valence-corrected chi connectivity index (χ3v) is 3.22. The summed E-state index contributed by atoms with van der Waals surface area (Å²) in [4.78, 5) is -0.246. The SMILES string of the molecule is Cc1cc(C(C)C)c(O)cc1S(=O)(=O)O. The molecule has 0 aliphatic carbocycles. The first-order valence-corrected chi connectivity index (χ1v) is 5.98. The van der Waals surface area contributed by atoms with Crippen LogP contribution in [0.4, 0.5) is 0 Å². The normalized spacial score (nSPS) is 12.1. The Labute approximate surface area is 89.3 Å². The second kappa shape index (κ2) is 3.83. The number of benzene rings is 1. The fourth-order valence-electron chi connectivity index (χ4n) is 1.44. The van der Waals surface area contributed by atoms with E-state index in [0.29, 0.717) is 11.1 Å². The van der Waals surface area contributed by atoms with Crippen LogP contribution in [0.3, 0.4) is 0 Å². The van der Waals surface area contributed by atoms with E-state index in [2.05, 4.69) is 0 Å². The van der Waals surface area contributed by atoms with Crippen LogP contribution in [0.5, 0.6) is 5.75 Å². The molecule has 15 heavy (non-hydrogen) atoms. The van der Waals surface area contributed by atoms with Gasteiger partial charge in [-0.3, -0.25) is 4.55 Å². The van der Waals surface area contributed by atoms with E-state index in [1.54, 1.807) is 13.0 Å². The average Bonchev–Trinajstić information content (AvgIpc) is 2.06. The van der Waals surface area contributed by atoms with Crippen molar-refractivity contribution in [3.8, 4) is 5.75 Å². The molecule has 1 aromatic carbocycles. The van der Waals surface area contributed by atoms with Crippen molar-refractivity contribution in [2.24, 2.45) is 0 Å². The minimum Gasteiger partial charge on any atom is -0.508 e. The summed E-state index contributed by atoms with van der Waals surface area (Å²) in [5, 5.41) is 9.57. The minimum absolute atomic E-state index is 0.0964. The van der Waals surface area contributed by atoms with Crippen molar-refractivity contribution in [1.82, 2.24) is 0 Å². The van der Waals surface area contributed by atoms with E-state index < -0.39 is 10.1 Å². The molecule has 1 aromatic rings. The number of aromatic hydroxyl groups is 1. The van der Waals surface area contributed by atoms with Crippen LogP contribution in [-0.4, -0.2) is 18.1 Å². The third kappa shape index (κ3) is 2.49. The summed E-state index contributed by atoms with van der Waals surface area (Å²) in [5.74, 6) is -0.0117. The van der Waals surface area contributed by atoms with Crippen LogP contribution in [0.15, 0.2) is 17.0 Å². The van der Waals surface area contributed by atoms with Crippen LogP contribution < -0.4 is 0 Å². The lowest BCUT2D eigenvalue weighted by molar-refractivity contribution is 0.457. The predicted octanol–water partition coefficient (Wildman–Crippen LogP) is 2.07. The molecule has 0 radical (unpaired) electrons. The minimum atomic E-state index is -4.26. The Morgan fingerprint density at radius 3 is 2.20 bits per heavy atom. The first-order valence-electron chi connectivity index (χ1n) is 4.54. The van der Waals surface area contributed by atoms with Gasteiger partial charge in [-0.2, -0.15) is 8.42 Å². The van der Waals surface area contributed by atoms with Gasteiger partial charge in [-0.25, -0.2) is 0 Å². The Morgan fingerprint density at radius 1 is 1.27 bits per heavy atom. The van der Waals surface area contributed by atoms with Gasteiger partial charge in [0.25, 0.3) is 10.1 Å². The number of rotatable bonds is 2. The predicted molar refractivity (Wildman–Crippen MR) is 56.7 cm³/mol. The average molecular weight is 230 g/mol. The maximum atomic E-state index is 10.9. The molecule has 0 amide bonds. The van der Waals surface area contributed by atoms with Crippen LogP contribution in [0.1, 0.15) is 30.9 Å². The fraction of sp³-hybridized carbons (Fsp3) is 0.400. The summed E-state index contributed by atoms with van der Waals surface area (Å²) in [6.07, 6.45) is 0. The van der Waals surface area contributed by atoms with Crippen molar-refractivity contribution in [2.45, 2.75) is 31.6 Å². The highest BCUT2D eigenvalue weighted by Crippen LogP contribution is 2.30. The molecule has 0 aromatic heterocycles. The molecule has 0 heterocycles. The van der Waals surface area contributed by atoms with Gasteiger partial charge in [-0.05, 0) is 24.0 Å². The first-order chi connectivity index (χ1) is 6.73. The lowest BCUT2D eigenvalue weighted by Crippen LogP contribution is -2.02. The molecule has 0 aliphatic rings. The van der Waals surface area contributed by atoms with Gasteiger partial charge in [-0.1, -0.05) is 19.9 Å². The molecular weight excluding hydrogens is 216 g/mol. The molecule has 0 saturated carbocycles. The molecule has 0 unspecified atom stereocenters. The molecule has 1 rings (SSSR count). The molecule has 0 spiro atoms. The zero-order valence-corrected chi connectivity index (χ0v) is 9.67. The number of phenols is 1. The Kier molecular flexibility index (Phi) is 3.06. The molecule has 0 aliphatic heterocycles. The number of aryl methyl sites for hydroxylation is 1. The van der Waals surface area contributed by atoms with E-state index in [1.165, 1.54) is 0 Å². The van der Waals surface area contributed by atoms with Crippen molar-refractivity contribution in [2.75, 3.05) is 0 Å². The van der Waals surface area contributed by atoms with Crippen LogP contribution in [0.2, 0.25) is 0 Å². The maximum absolute atomic E-state index is 10.9. The lowest BCUT2D eigenvalue weighted by Gasteiger charge is -2.11. The largest absolute Gasteiger partial charge is 0.508 e. The molecule has 0 fully saturated rings. The van der Waals surface area contributed by atoms with Gasteiger partial charge in [0.1, 0.15) is 10.6 Å². The smallest absolute Gasteiger partial charge is 0.294 e. The van der Waals surface area contributed by atoms with Gasteiger partial charge in [0.05, 0.1) is 0 Å². The standard InChI is InChI=1S/C10H14O4S/c1-6(2)8-4-7(3)10(5-9(8)11)15(12,13)14/h4-6,11H,1-3H3,(H,12,13,14). The third-order valence-electron chi connectivity index (χ3n) is 2.22. The van der Waals surface area contributed by atoms with Gasteiger partial charge < -0.3 is 5.11 Å². The summed E-state index contributed by atoms with van der Waals surface area (Å²) in [6, 6.07) is 2.66. The van der Waals surface area contributed by atoms with Gasteiger partial charge >= 0.3 is 0 Å². The Hall–Kier alpha value is -1.07. The van der Waals surface area contributed by atoms with Crippen molar-refractivity contribution in [1.29, 1.82) is 0 Å². The monoisotopic (exact) mass is 230 g/mol. The quantitative estimate of drug-likeness (QED) is 0.763. The van der Waals surface area contributed by atoms with Crippen molar-refractivity contribution < 1.29 is 18.1 Å². The van der Waals surface area contributed by atoms with Crippen LogP contribution in [-0.2, 0) is 10.1 Å². The molecule has 0 bridgehead atoms. The summed E-state index contributed by atoms with van der Waals surface area (Å²) in [7, 11) is -4.26. The fourth-order valence-corrected chi connectivity index (χ4v) is 2.17. The van der Waals surface area contributed by atoms with Crippen molar-refractivity contribution >= 4 is 10.1 Å². The highest BCUT2D eigenvalue weighted by Gasteiger charge is 2.17. The summed E-state index contributed by atoms with van der Waals surface area (Å²) < 4.78 is 30.7. The van der Waals surface area contributed by atoms with Gasteiger partial charge in [0.15, 0.2) is 0 Å². The number of phenolic OH excluding ortho intramolecular Hbond substituents is 1. The Morgan fingerprint density at radius 2 is 1.80 bits per heavy atom. The number of hydrogen-bond acceptors (Lipinski definition) is 3. The number of hydrogen-bond donors (Lipinski definition) is 2. The van der Waals surface area contributed by atoms with Gasteiger partial charge in [0.2, 0.25) is 0 Å². The van der Waals surface area contributed by atoms with E-state index in [-0.39, 0.29) is 16.6 Å². The van der Waals surface area contributed by atoms with Gasteiger partial charge in [-0.15, -0.1) is 0 Å². The molecule has 5 heteroatoms. The molecule has 2 N–H and O–H groups in total. The van der Waals surface area contributed by atoms with Crippen LogP contribution >= 0.6 is 0 Å². The molecule has 4 nitrogen and oxygen atoms in total. The second-order valence-corrected chi connectivity index (χ2v) is 5.20. The van der Waals surface area contributed by atoms with E-state index >= 15 is 0 Å². The molecule has 0 saturated heterocycles. The highest BCUT2D eigenvalue weighted by atomic mass is 32.2. The van der Waals surface area contributed by atoms with E-state index in [4.69, 9.17) is 4.55 Å². The zero-order valence-electron chi connectivity index (χ0n) is 8.85. The van der Waals surface area contributed by atoms with Crippen LogP contribution in [0, 0.1) is 6.92 Å². The Balaban J connectivity index is 3.46. The summed E-state index contributed by atoms with van der Waals surface area (Å²) >= 11 is 0. The van der Waals surface area contributed by atoms with E-state index in [9.17, 15) is 13.5 Å². The van der Waals surface area contributed by atoms with E-state index in [0.717, 1.165) is 6.07 Å². The Bertz CT molecular complexity index is 474. The van der Waals surface area contributed by atoms with Crippen LogP contribution in [0.25, 0.3) is 0 Å². The lowest BCUT2D eigenvalue weighted by atomic mass is 10.0. The van der Waals surface area contributed by atoms with Crippen molar-refractivity contribution in [3.05, 3.63) is 23.3 Å².